The lowest BCUT2D eigenvalue weighted by Gasteiger charge is -2.34. The van der Waals surface area contributed by atoms with Crippen LogP contribution in [0.15, 0.2) is 23.1 Å². The van der Waals surface area contributed by atoms with Gasteiger partial charge in [-0.15, -0.1) is 0 Å². The molecule has 112 valence electrons. The van der Waals surface area contributed by atoms with E-state index in [2.05, 4.69) is 5.32 Å². The molecular weight excluding hydrogens is 298 g/mol. The van der Waals surface area contributed by atoms with Crippen LogP contribution in [0.1, 0.15) is 19.8 Å². The Morgan fingerprint density at radius 3 is 2.35 bits per heavy atom. The Kier molecular flexibility index (Phi) is 3.70. The van der Waals surface area contributed by atoms with E-state index < -0.39 is 26.1 Å². The van der Waals surface area contributed by atoms with Crippen LogP contribution in [0.25, 0.3) is 0 Å². The molecule has 0 aliphatic heterocycles. The molecule has 0 bridgehead atoms. The van der Waals surface area contributed by atoms with Crippen LogP contribution in [0, 0.1) is 11.7 Å². The molecule has 0 saturated heterocycles. The summed E-state index contributed by atoms with van der Waals surface area (Å²) in [6, 6.07) is 2.27. The van der Waals surface area contributed by atoms with Gasteiger partial charge in [-0.25, -0.2) is 12.8 Å². The summed E-state index contributed by atoms with van der Waals surface area (Å²) in [6.07, 6.45) is 1.48. The Hall–Kier alpha value is -1.31. The molecule has 1 aliphatic rings. The molecule has 0 unspecified atom stereocenters. The van der Waals surface area contributed by atoms with E-state index in [1.807, 2.05) is 6.92 Å². The molecular formula is C12H13F4NO2S. The van der Waals surface area contributed by atoms with Crippen LogP contribution in [0.3, 0.4) is 0 Å². The molecule has 20 heavy (non-hydrogen) atoms. The first-order valence-corrected chi connectivity index (χ1v) is 7.47. The maximum Gasteiger partial charge on any atom is 0.501 e. The maximum atomic E-state index is 13.1. The van der Waals surface area contributed by atoms with Crippen molar-refractivity contribution in [2.45, 2.75) is 36.2 Å². The van der Waals surface area contributed by atoms with Gasteiger partial charge in [-0.3, -0.25) is 0 Å². The second-order valence-electron chi connectivity index (χ2n) is 5.01. The number of alkyl halides is 3. The monoisotopic (exact) mass is 311 g/mol. The minimum absolute atomic E-state index is 0.0855. The van der Waals surface area contributed by atoms with Gasteiger partial charge in [0.2, 0.25) is 0 Å². The summed E-state index contributed by atoms with van der Waals surface area (Å²) in [5.74, 6) is -0.587. The van der Waals surface area contributed by atoms with Crippen molar-refractivity contribution in [1.82, 2.24) is 0 Å². The lowest BCUT2D eigenvalue weighted by molar-refractivity contribution is -0.0435. The number of sulfone groups is 1. The third-order valence-corrected chi connectivity index (χ3v) is 4.80. The van der Waals surface area contributed by atoms with E-state index in [1.54, 1.807) is 0 Å². The summed E-state index contributed by atoms with van der Waals surface area (Å²) >= 11 is 0. The highest BCUT2D eigenvalue weighted by atomic mass is 32.2. The zero-order chi connectivity index (χ0) is 15.1. The molecule has 0 aromatic heterocycles. The van der Waals surface area contributed by atoms with Gasteiger partial charge in [0, 0.05) is 6.04 Å². The third-order valence-electron chi connectivity index (χ3n) is 3.27. The molecule has 0 radical (unpaired) electrons. The fourth-order valence-corrected chi connectivity index (χ4v) is 3.14. The van der Waals surface area contributed by atoms with E-state index in [0.717, 1.165) is 25.0 Å². The van der Waals surface area contributed by atoms with E-state index in [1.165, 1.54) is 0 Å². The Morgan fingerprint density at radius 1 is 1.25 bits per heavy atom. The number of anilines is 1. The van der Waals surface area contributed by atoms with Crippen molar-refractivity contribution in [3.8, 4) is 0 Å². The summed E-state index contributed by atoms with van der Waals surface area (Å²) in [4.78, 5) is -1.07. The van der Waals surface area contributed by atoms with Crippen molar-refractivity contribution < 1.29 is 26.0 Å². The van der Waals surface area contributed by atoms with E-state index in [4.69, 9.17) is 0 Å². The van der Waals surface area contributed by atoms with Gasteiger partial charge in [0.1, 0.15) is 10.7 Å². The number of rotatable bonds is 3. The van der Waals surface area contributed by atoms with Crippen molar-refractivity contribution in [3.63, 3.8) is 0 Å². The van der Waals surface area contributed by atoms with Gasteiger partial charge in [-0.05, 0) is 37.0 Å². The molecule has 3 nitrogen and oxygen atoms in total. The second kappa shape index (κ2) is 4.91. The number of halogens is 4. The Balaban J connectivity index is 2.39. The molecule has 1 aromatic carbocycles. The van der Waals surface area contributed by atoms with Crippen LogP contribution < -0.4 is 5.32 Å². The maximum absolute atomic E-state index is 13.1. The Labute approximate surface area is 113 Å². The topological polar surface area (TPSA) is 46.2 Å². The molecule has 0 amide bonds. The molecule has 1 aliphatic carbocycles. The fourth-order valence-electron chi connectivity index (χ4n) is 2.20. The number of hydrogen-bond acceptors (Lipinski definition) is 3. The predicted octanol–water partition coefficient (Wildman–Crippen LogP) is 3.33. The van der Waals surface area contributed by atoms with E-state index >= 15 is 0 Å². The second-order valence-corrected chi connectivity index (χ2v) is 6.92. The van der Waals surface area contributed by atoms with Crippen molar-refractivity contribution in [3.05, 3.63) is 24.0 Å². The minimum Gasteiger partial charge on any atom is -0.381 e. The first-order chi connectivity index (χ1) is 9.11. The van der Waals surface area contributed by atoms with Gasteiger partial charge in [-0.2, -0.15) is 13.2 Å². The molecule has 1 fully saturated rings. The predicted molar refractivity (Wildman–Crippen MR) is 65.4 cm³/mol. The molecule has 0 atom stereocenters. The normalized spacial score (nSPS) is 23.2. The van der Waals surface area contributed by atoms with Crippen molar-refractivity contribution in [2.75, 3.05) is 5.32 Å². The summed E-state index contributed by atoms with van der Waals surface area (Å²) in [5, 5.41) is 2.74. The molecule has 1 aromatic rings. The van der Waals surface area contributed by atoms with Gasteiger partial charge in [0.15, 0.2) is 0 Å². The Bertz CT molecular complexity index is 606. The summed E-state index contributed by atoms with van der Waals surface area (Å²) in [6.45, 7) is 1.98. The van der Waals surface area contributed by atoms with Crippen molar-refractivity contribution in [2.24, 2.45) is 5.92 Å². The van der Waals surface area contributed by atoms with Crippen molar-refractivity contribution in [1.29, 1.82) is 0 Å². The summed E-state index contributed by atoms with van der Waals surface area (Å²) in [7, 11) is -5.58. The lowest BCUT2D eigenvalue weighted by atomic mass is 9.82. The Morgan fingerprint density at radius 2 is 1.85 bits per heavy atom. The van der Waals surface area contributed by atoms with E-state index in [-0.39, 0.29) is 11.7 Å². The van der Waals surface area contributed by atoms with Crippen LogP contribution in [0.4, 0.5) is 23.2 Å². The standard InChI is InChI=1S/C12H13F4NO2S/c1-7-4-9(5-7)17-10-3-2-8(13)6-11(10)20(18,19)12(14,15)16/h2-3,6-7,9,17H,4-5H2,1H3. The number of hydrogen-bond donors (Lipinski definition) is 1. The van der Waals surface area contributed by atoms with E-state index in [9.17, 15) is 26.0 Å². The van der Waals surface area contributed by atoms with Crippen LogP contribution in [-0.4, -0.2) is 20.0 Å². The van der Waals surface area contributed by atoms with Crippen molar-refractivity contribution >= 4 is 15.5 Å². The van der Waals surface area contributed by atoms with Gasteiger partial charge in [0.05, 0.1) is 5.69 Å². The zero-order valence-corrected chi connectivity index (χ0v) is 11.4. The highest BCUT2D eigenvalue weighted by Crippen LogP contribution is 2.37. The largest absolute Gasteiger partial charge is 0.501 e. The molecule has 1 saturated carbocycles. The first kappa shape index (κ1) is 15.1. The quantitative estimate of drug-likeness (QED) is 0.871. The lowest BCUT2D eigenvalue weighted by Crippen LogP contribution is -2.34. The van der Waals surface area contributed by atoms with Gasteiger partial charge < -0.3 is 5.32 Å². The first-order valence-electron chi connectivity index (χ1n) is 5.98. The fraction of sp³-hybridized carbons (Fsp3) is 0.500. The van der Waals surface area contributed by atoms with Crippen LogP contribution >= 0.6 is 0 Å². The number of nitrogens with one attached hydrogen (secondary N) is 1. The highest BCUT2D eigenvalue weighted by Gasteiger charge is 2.48. The molecule has 2 rings (SSSR count). The van der Waals surface area contributed by atoms with Crippen LogP contribution in [0.2, 0.25) is 0 Å². The van der Waals surface area contributed by atoms with E-state index in [0.29, 0.717) is 12.0 Å². The molecule has 0 heterocycles. The molecule has 8 heteroatoms. The average Bonchev–Trinajstić information content (AvgIpc) is 2.27. The van der Waals surface area contributed by atoms with Gasteiger partial charge >= 0.3 is 5.51 Å². The zero-order valence-electron chi connectivity index (χ0n) is 10.5. The number of benzene rings is 1. The average molecular weight is 311 g/mol. The van der Waals surface area contributed by atoms with Crippen LogP contribution in [-0.2, 0) is 9.84 Å². The SMILES string of the molecule is CC1CC(Nc2ccc(F)cc2S(=O)(=O)C(F)(F)F)C1. The van der Waals surface area contributed by atoms with Crippen LogP contribution in [0.5, 0.6) is 0 Å². The highest BCUT2D eigenvalue weighted by molar-refractivity contribution is 7.92. The molecule has 0 spiro atoms. The third kappa shape index (κ3) is 2.74. The smallest absolute Gasteiger partial charge is 0.381 e. The summed E-state index contributed by atoms with van der Waals surface area (Å²) in [5.41, 5.74) is -5.66. The molecule has 1 N–H and O–H groups in total. The van der Waals surface area contributed by atoms with Gasteiger partial charge in [-0.1, -0.05) is 6.92 Å². The van der Waals surface area contributed by atoms with Gasteiger partial charge in [0.25, 0.3) is 9.84 Å². The summed E-state index contributed by atoms with van der Waals surface area (Å²) < 4.78 is 73.8. The minimum atomic E-state index is -5.58.